The maximum absolute atomic E-state index is 12.0. The van der Waals surface area contributed by atoms with E-state index in [9.17, 15) is 19.7 Å². The van der Waals surface area contributed by atoms with Crippen LogP contribution in [0.4, 0.5) is 11.4 Å². The summed E-state index contributed by atoms with van der Waals surface area (Å²) >= 11 is 0. The number of nitro groups is 1. The fraction of sp³-hybridized carbons (Fsp3) is 0.333. The molecule has 1 aromatic carbocycles. The number of non-ortho nitro benzene ring substituents is 1. The second-order valence-electron chi connectivity index (χ2n) is 4.25. The number of ether oxygens (including phenoxy) is 2. The van der Waals surface area contributed by atoms with Gasteiger partial charge in [-0.3, -0.25) is 14.9 Å². The van der Waals surface area contributed by atoms with Crippen LogP contribution in [0, 0.1) is 10.1 Å². The number of anilines is 1. The van der Waals surface area contributed by atoms with E-state index in [4.69, 9.17) is 9.47 Å². The Balaban J connectivity index is 2.37. The molecule has 0 saturated heterocycles. The number of benzene rings is 1. The molecule has 2 rings (SSSR count). The largest absolute Gasteiger partial charge is 0.464 e. The smallest absolute Gasteiger partial charge is 0.360 e. The Bertz CT molecular complexity index is 600. The van der Waals surface area contributed by atoms with Crippen molar-refractivity contribution in [3.63, 3.8) is 0 Å². The number of carbonyl (C=O) groups excluding carboxylic acids is 2. The van der Waals surface area contributed by atoms with Crippen molar-refractivity contribution in [1.29, 1.82) is 0 Å². The normalized spacial score (nSPS) is 20.4. The molecular weight excluding hydrogens is 268 g/mol. The molecule has 0 unspecified atom stereocenters. The molecule has 1 atom stereocenters. The molecule has 0 fully saturated rings. The van der Waals surface area contributed by atoms with Crippen molar-refractivity contribution in [1.82, 2.24) is 0 Å². The monoisotopic (exact) mass is 280 g/mol. The average molecular weight is 280 g/mol. The maximum Gasteiger partial charge on any atom is 0.360 e. The standard InChI is InChI=1S/C12H12N2O6/c1-3-19-11(16)12(2)10(15)13-8-6-7(14(17)18)4-5-9(8)20-12/h4-6H,3H2,1-2H3,(H,13,15)/t12-/m0/s1. The maximum atomic E-state index is 12.0. The van der Waals surface area contributed by atoms with Crippen LogP contribution >= 0.6 is 0 Å². The number of esters is 1. The van der Waals surface area contributed by atoms with E-state index >= 15 is 0 Å². The summed E-state index contributed by atoms with van der Waals surface area (Å²) in [4.78, 5) is 33.8. The molecule has 0 spiro atoms. The van der Waals surface area contributed by atoms with Crippen molar-refractivity contribution in [2.24, 2.45) is 0 Å². The van der Waals surface area contributed by atoms with Gasteiger partial charge in [0.15, 0.2) is 0 Å². The van der Waals surface area contributed by atoms with Crippen LogP contribution in [0.25, 0.3) is 0 Å². The van der Waals surface area contributed by atoms with Crippen LogP contribution in [-0.2, 0) is 14.3 Å². The van der Waals surface area contributed by atoms with Gasteiger partial charge in [0.2, 0.25) is 0 Å². The fourth-order valence-electron chi connectivity index (χ4n) is 1.73. The third-order valence-electron chi connectivity index (χ3n) is 2.83. The number of nitrogens with one attached hydrogen (secondary N) is 1. The number of rotatable bonds is 3. The molecule has 0 aromatic heterocycles. The van der Waals surface area contributed by atoms with Crippen LogP contribution in [0.2, 0.25) is 0 Å². The van der Waals surface area contributed by atoms with Gasteiger partial charge in [0.05, 0.1) is 17.2 Å². The number of carbonyl (C=O) groups is 2. The van der Waals surface area contributed by atoms with Crippen LogP contribution < -0.4 is 10.1 Å². The Kier molecular flexibility index (Phi) is 3.31. The van der Waals surface area contributed by atoms with E-state index in [1.807, 2.05) is 0 Å². The molecule has 1 aliphatic rings. The molecule has 1 amide bonds. The van der Waals surface area contributed by atoms with Gasteiger partial charge in [-0.15, -0.1) is 0 Å². The summed E-state index contributed by atoms with van der Waals surface area (Å²) in [5.74, 6) is -1.38. The Morgan fingerprint density at radius 3 is 2.85 bits per heavy atom. The Morgan fingerprint density at radius 2 is 2.25 bits per heavy atom. The van der Waals surface area contributed by atoms with Crippen molar-refractivity contribution in [3.05, 3.63) is 28.3 Å². The quantitative estimate of drug-likeness (QED) is 0.386. The van der Waals surface area contributed by atoms with Gasteiger partial charge >= 0.3 is 5.97 Å². The lowest BCUT2D eigenvalue weighted by Crippen LogP contribution is -2.55. The minimum absolute atomic E-state index is 0.109. The highest BCUT2D eigenvalue weighted by atomic mass is 16.6. The highest BCUT2D eigenvalue weighted by Crippen LogP contribution is 2.36. The van der Waals surface area contributed by atoms with Gasteiger partial charge in [-0.25, -0.2) is 4.79 Å². The van der Waals surface area contributed by atoms with Gasteiger partial charge in [-0.05, 0) is 19.9 Å². The molecule has 1 heterocycles. The molecule has 1 aliphatic heterocycles. The van der Waals surface area contributed by atoms with Gasteiger partial charge in [-0.1, -0.05) is 0 Å². The first-order valence-electron chi connectivity index (χ1n) is 5.84. The topological polar surface area (TPSA) is 108 Å². The highest BCUT2D eigenvalue weighted by Gasteiger charge is 2.48. The predicted octanol–water partition coefficient (Wildman–Crippen LogP) is 1.25. The molecule has 1 N–H and O–H groups in total. The first-order valence-corrected chi connectivity index (χ1v) is 5.84. The zero-order chi connectivity index (χ0) is 14.9. The van der Waals surface area contributed by atoms with Crippen molar-refractivity contribution in [2.45, 2.75) is 19.4 Å². The SMILES string of the molecule is CCOC(=O)[C@@]1(C)Oc2ccc([N+](=O)[O-])cc2NC1=O. The van der Waals surface area contributed by atoms with E-state index in [1.54, 1.807) is 6.92 Å². The molecule has 8 heteroatoms. The summed E-state index contributed by atoms with van der Waals surface area (Å²) in [6, 6.07) is 3.71. The Morgan fingerprint density at radius 1 is 1.55 bits per heavy atom. The number of hydrogen-bond acceptors (Lipinski definition) is 6. The van der Waals surface area contributed by atoms with Crippen LogP contribution in [0.3, 0.4) is 0 Å². The molecule has 0 radical (unpaired) electrons. The van der Waals surface area contributed by atoms with E-state index in [1.165, 1.54) is 19.1 Å². The lowest BCUT2D eigenvalue weighted by molar-refractivity contribution is -0.384. The first kappa shape index (κ1) is 13.8. The molecular formula is C12H12N2O6. The lowest BCUT2D eigenvalue weighted by atomic mass is 10.0. The summed E-state index contributed by atoms with van der Waals surface area (Å²) in [7, 11) is 0. The minimum Gasteiger partial charge on any atom is -0.464 e. The Labute approximate surface area is 113 Å². The van der Waals surface area contributed by atoms with E-state index in [-0.39, 0.29) is 23.7 Å². The predicted molar refractivity (Wildman–Crippen MR) is 67.4 cm³/mol. The average Bonchev–Trinajstić information content (AvgIpc) is 2.39. The van der Waals surface area contributed by atoms with E-state index in [0.29, 0.717) is 0 Å². The highest BCUT2D eigenvalue weighted by molar-refractivity contribution is 6.13. The van der Waals surface area contributed by atoms with Gasteiger partial charge in [-0.2, -0.15) is 0 Å². The zero-order valence-corrected chi connectivity index (χ0v) is 10.8. The number of nitro benzene ring substituents is 1. The number of fused-ring (bicyclic) bond motifs is 1. The minimum atomic E-state index is -1.81. The molecule has 0 bridgehead atoms. The van der Waals surface area contributed by atoms with Gasteiger partial charge in [0.25, 0.3) is 17.2 Å². The van der Waals surface area contributed by atoms with E-state index in [2.05, 4.69) is 5.32 Å². The van der Waals surface area contributed by atoms with Crippen molar-refractivity contribution >= 4 is 23.3 Å². The van der Waals surface area contributed by atoms with Gasteiger partial charge < -0.3 is 14.8 Å². The molecule has 1 aromatic rings. The summed E-state index contributed by atoms with van der Waals surface area (Å²) < 4.78 is 10.2. The molecule has 0 aliphatic carbocycles. The Hall–Kier alpha value is -2.64. The molecule has 20 heavy (non-hydrogen) atoms. The molecule has 0 saturated carbocycles. The van der Waals surface area contributed by atoms with Crippen LogP contribution in [0.1, 0.15) is 13.8 Å². The molecule has 106 valence electrons. The molecule has 8 nitrogen and oxygen atoms in total. The van der Waals surface area contributed by atoms with Crippen LogP contribution in [-0.4, -0.2) is 29.0 Å². The summed E-state index contributed by atoms with van der Waals surface area (Å²) in [5.41, 5.74) is -1.85. The van der Waals surface area contributed by atoms with E-state index < -0.39 is 22.4 Å². The van der Waals surface area contributed by atoms with Crippen LogP contribution in [0.5, 0.6) is 5.75 Å². The third-order valence-corrected chi connectivity index (χ3v) is 2.83. The number of hydrogen-bond donors (Lipinski definition) is 1. The van der Waals surface area contributed by atoms with Gasteiger partial charge in [0.1, 0.15) is 5.75 Å². The van der Waals surface area contributed by atoms with Crippen molar-refractivity contribution < 1.29 is 24.0 Å². The fourth-order valence-corrected chi connectivity index (χ4v) is 1.73. The van der Waals surface area contributed by atoms with Crippen molar-refractivity contribution in [2.75, 3.05) is 11.9 Å². The van der Waals surface area contributed by atoms with Crippen molar-refractivity contribution in [3.8, 4) is 5.75 Å². The number of amides is 1. The summed E-state index contributed by atoms with van der Waals surface area (Å²) in [6.45, 7) is 3.00. The lowest BCUT2D eigenvalue weighted by Gasteiger charge is -2.32. The zero-order valence-electron chi connectivity index (χ0n) is 10.8. The summed E-state index contributed by atoms with van der Waals surface area (Å²) in [6.07, 6.45) is 0. The van der Waals surface area contributed by atoms with Crippen LogP contribution in [0.15, 0.2) is 18.2 Å². The van der Waals surface area contributed by atoms with E-state index in [0.717, 1.165) is 6.07 Å². The summed E-state index contributed by atoms with van der Waals surface area (Å²) in [5, 5.41) is 13.1. The second-order valence-corrected chi connectivity index (χ2v) is 4.25. The van der Waals surface area contributed by atoms with Gasteiger partial charge in [0, 0.05) is 12.1 Å². The first-order chi connectivity index (χ1) is 9.38. The number of nitrogens with zero attached hydrogens (tertiary/aromatic N) is 1. The third kappa shape index (κ3) is 2.15. The second kappa shape index (κ2) is 4.80.